The summed E-state index contributed by atoms with van der Waals surface area (Å²) < 4.78 is 5.58. The molecule has 0 aliphatic heterocycles. The second-order valence-corrected chi connectivity index (χ2v) is 5.98. The van der Waals surface area contributed by atoms with Crippen LogP contribution in [0.4, 0.5) is 10.5 Å². The standard InChI is InChI=1S/C18H30N4O3/c1-6-22(7-2)11-10-19-18(24)20-15-9-8-14(3)12-16(15)25-13-17(23)21(4)5/h8-9,12H,6-7,10-11,13H2,1-5H3,(H2,19,20,24). The fraction of sp³-hybridized carbons (Fsp3) is 0.556. The van der Waals surface area contributed by atoms with Gasteiger partial charge in [-0.25, -0.2) is 4.79 Å². The number of amides is 3. The maximum absolute atomic E-state index is 12.1. The van der Waals surface area contributed by atoms with Crippen molar-refractivity contribution in [2.24, 2.45) is 0 Å². The molecule has 0 heterocycles. The van der Waals surface area contributed by atoms with E-state index >= 15 is 0 Å². The second-order valence-electron chi connectivity index (χ2n) is 5.98. The zero-order valence-electron chi connectivity index (χ0n) is 15.9. The summed E-state index contributed by atoms with van der Waals surface area (Å²) in [5, 5.41) is 5.61. The van der Waals surface area contributed by atoms with Crippen LogP contribution >= 0.6 is 0 Å². The van der Waals surface area contributed by atoms with Crippen molar-refractivity contribution in [3.05, 3.63) is 23.8 Å². The molecule has 0 spiro atoms. The van der Waals surface area contributed by atoms with Crippen LogP contribution in [0.5, 0.6) is 5.75 Å². The molecule has 0 radical (unpaired) electrons. The van der Waals surface area contributed by atoms with E-state index < -0.39 is 0 Å². The average Bonchev–Trinajstić information content (AvgIpc) is 2.58. The van der Waals surface area contributed by atoms with Crippen LogP contribution in [0.25, 0.3) is 0 Å². The zero-order valence-corrected chi connectivity index (χ0v) is 15.9. The van der Waals surface area contributed by atoms with Gasteiger partial charge in [-0.3, -0.25) is 4.79 Å². The number of hydrogen-bond donors (Lipinski definition) is 2. The molecule has 0 saturated heterocycles. The molecular formula is C18H30N4O3. The maximum Gasteiger partial charge on any atom is 0.319 e. The van der Waals surface area contributed by atoms with Crippen molar-refractivity contribution >= 4 is 17.6 Å². The Balaban J connectivity index is 2.62. The van der Waals surface area contributed by atoms with E-state index in [0.717, 1.165) is 25.2 Å². The first-order valence-corrected chi connectivity index (χ1v) is 8.58. The predicted octanol–water partition coefficient (Wildman–Crippen LogP) is 1.93. The minimum atomic E-state index is -0.292. The van der Waals surface area contributed by atoms with Crippen molar-refractivity contribution in [3.8, 4) is 5.75 Å². The first kappa shape index (κ1) is 20.8. The Kier molecular flexibility index (Phi) is 8.77. The number of aryl methyl sites for hydroxylation is 1. The lowest BCUT2D eigenvalue weighted by molar-refractivity contribution is -0.130. The summed E-state index contributed by atoms with van der Waals surface area (Å²) in [6, 6.07) is 5.16. The molecule has 1 aromatic carbocycles. The van der Waals surface area contributed by atoms with E-state index in [1.165, 1.54) is 4.90 Å². The van der Waals surface area contributed by atoms with E-state index in [2.05, 4.69) is 29.4 Å². The van der Waals surface area contributed by atoms with Gasteiger partial charge in [0.15, 0.2) is 6.61 Å². The topological polar surface area (TPSA) is 73.9 Å². The summed E-state index contributed by atoms with van der Waals surface area (Å²) >= 11 is 0. The third-order valence-electron chi connectivity index (χ3n) is 3.84. The molecule has 0 aliphatic carbocycles. The van der Waals surface area contributed by atoms with Gasteiger partial charge in [-0.1, -0.05) is 19.9 Å². The quantitative estimate of drug-likeness (QED) is 0.714. The first-order valence-electron chi connectivity index (χ1n) is 8.58. The highest BCUT2D eigenvalue weighted by molar-refractivity contribution is 5.91. The van der Waals surface area contributed by atoms with E-state index in [9.17, 15) is 9.59 Å². The SMILES string of the molecule is CCN(CC)CCNC(=O)Nc1ccc(C)cc1OCC(=O)N(C)C. The predicted molar refractivity (Wildman–Crippen MR) is 100 cm³/mol. The van der Waals surface area contributed by atoms with Gasteiger partial charge in [0.05, 0.1) is 5.69 Å². The van der Waals surface area contributed by atoms with Gasteiger partial charge in [0.25, 0.3) is 5.91 Å². The van der Waals surface area contributed by atoms with Crippen molar-refractivity contribution in [2.45, 2.75) is 20.8 Å². The molecule has 2 N–H and O–H groups in total. The van der Waals surface area contributed by atoms with Crippen LogP contribution in [0.2, 0.25) is 0 Å². The number of likely N-dealkylation sites (N-methyl/N-ethyl adjacent to an activating group) is 2. The molecule has 0 aliphatic rings. The van der Waals surface area contributed by atoms with E-state index in [0.29, 0.717) is 18.0 Å². The molecule has 7 heteroatoms. The van der Waals surface area contributed by atoms with Gasteiger partial charge < -0.3 is 25.2 Å². The molecule has 0 fully saturated rings. The maximum atomic E-state index is 12.1. The number of carbonyl (C=O) groups excluding carboxylic acids is 2. The van der Waals surface area contributed by atoms with Crippen molar-refractivity contribution in [3.63, 3.8) is 0 Å². The molecule has 7 nitrogen and oxygen atoms in total. The Labute approximate surface area is 150 Å². The molecule has 0 unspecified atom stereocenters. The molecule has 1 aromatic rings. The zero-order chi connectivity index (χ0) is 18.8. The number of ether oxygens (including phenoxy) is 1. The van der Waals surface area contributed by atoms with Gasteiger partial charge in [-0.15, -0.1) is 0 Å². The minimum Gasteiger partial charge on any atom is -0.482 e. The number of nitrogens with one attached hydrogen (secondary N) is 2. The van der Waals surface area contributed by atoms with Crippen molar-refractivity contribution in [1.29, 1.82) is 0 Å². The monoisotopic (exact) mass is 350 g/mol. The fourth-order valence-electron chi connectivity index (χ4n) is 2.15. The lowest BCUT2D eigenvalue weighted by atomic mass is 10.2. The Hall–Kier alpha value is -2.28. The third kappa shape index (κ3) is 7.43. The molecular weight excluding hydrogens is 320 g/mol. The number of nitrogens with zero attached hydrogens (tertiary/aromatic N) is 2. The second kappa shape index (κ2) is 10.6. The highest BCUT2D eigenvalue weighted by Crippen LogP contribution is 2.25. The number of benzene rings is 1. The smallest absolute Gasteiger partial charge is 0.319 e. The summed E-state index contributed by atoms with van der Waals surface area (Å²) in [5.74, 6) is 0.338. The van der Waals surface area contributed by atoms with Gasteiger partial charge in [-0.2, -0.15) is 0 Å². The normalized spacial score (nSPS) is 10.5. The van der Waals surface area contributed by atoms with Gasteiger partial charge in [0.1, 0.15) is 5.75 Å². The number of rotatable bonds is 9. The van der Waals surface area contributed by atoms with E-state index in [1.54, 1.807) is 26.2 Å². The summed E-state index contributed by atoms with van der Waals surface area (Å²) in [6.07, 6.45) is 0. The van der Waals surface area contributed by atoms with Crippen LogP contribution < -0.4 is 15.4 Å². The fourth-order valence-corrected chi connectivity index (χ4v) is 2.15. The Morgan fingerprint density at radius 2 is 1.84 bits per heavy atom. The number of carbonyl (C=O) groups is 2. The largest absolute Gasteiger partial charge is 0.482 e. The molecule has 0 bridgehead atoms. The Morgan fingerprint density at radius 3 is 2.44 bits per heavy atom. The van der Waals surface area contributed by atoms with Crippen LogP contribution in [0.3, 0.4) is 0 Å². The van der Waals surface area contributed by atoms with Crippen LogP contribution in [0, 0.1) is 6.92 Å². The van der Waals surface area contributed by atoms with Gasteiger partial charge in [0, 0.05) is 27.2 Å². The average molecular weight is 350 g/mol. The van der Waals surface area contributed by atoms with Crippen LogP contribution in [0.1, 0.15) is 19.4 Å². The lowest BCUT2D eigenvalue weighted by Gasteiger charge is -2.18. The van der Waals surface area contributed by atoms with Crippen LogP contribution in [-0.4, -0.2) is 68.6 Å². The summed E-state index contributed by atoms with van der Waals surface area (Å²) in [6.45, 7) is 9.31. The van der Waals surface area contributed by atoms with E-state index in [1.807, 2.05) is 13.0 Å². The lowest BCUT2D eigenvalue weighted by Crippen LogP contribution is -2.37. The molecule has 3 amide bonds. The molecule has 0 saturated carbocycles. The number of anilines is 1. The van der Waals surface area contributed by atoms with Crippen LogP contribution in [-0.2, 0) is 4.79 Å². The molecule has 0 atom stereocenters. The highest BCUT2D eigenvalue weighted by atomic mass is 16.5. The van der Waals surface area contributed by atoms with Gasteiger partial charge >= 0.3 is 6.03 Å². The Bertz CT molecular complexity index is 571. The highest BCUT2D eigenvalue weighted by Gasteiger charge is 2.11. The molecule has 140 valence electrons. The van der Waals surface area contributed by atoms with Gasteiger partial charge in [-0.05, 0) is 37.7 Å². The molecule has 0 aromatic heterocycles. The Morgan fingerprint density at radius 1 is 1.16 bits per heavy atom. The molecule has 25 heavy (non-hydrogen) atoms. The summed E-state index contributed by atoms with van der Waals surface area (Å²) in [7, 11) is 3.34. The van der Waals surface area contributed by atoms with Gasteiger partial charge in [0.2, 0.25) is 0 Å². The van der Waals surface area contributed by atoms with Crippen LogP contribution in [0.15, 0.2) is 18.2 Å². The van der Waals surface area contributed by atoms with E-state index in [-0.39, 0.29) is 18.5 Å². The number of hydrogen-bond acceptors (Lipinski definition) is 4. The van der Waals surface area contributed by atoms with Crippen molar-refractivity contribution in [1.82, 2.24) is 15.1 Å². The summed E-state index contributed by atoms with van der Waals surface area (Å²) in [4.78, 5) is 27.5. The minimum absolute atomic E-state index is 0.0747. The van der Waals surface area contributed by atoms with Crippen molar-refractivity contribution in [2.75, 3.05) is 52.2 Å². The third-order valence-corrected chi connectivity index (χ3v) is 3.84. The summed E-state index contributed by atoms with van der Waals surface area (Å²) in [5.41, 5.74) is 1.53. The first-order chi connectivity index (χ1) is 11.9. The van der Waals surface area contributed by atoms with Crippen molar-refractivity contribution < 1.29 is 14.3 Å². The molecule has 1 rings (SSSR count). The van der Waals surface area contributed by atoms with E-state index in [4.69, 9.17) is 4.74 Å². The number of urea groups is 1.